The van der Waals surface area contributed by atoms with E-state index in [1.54, 1.807) is 0 Å². The van der Waals surface area contributed by atoms with Crippen molar-refractivity contribution in [3.63, 3.8) is 0 Å². The van der Waals surface area contributed by atoms with Gasteiger partial charge in [-0.2, -0.15) is 0 Å². The van der Waals surface area contributed by atoms with E-state index in [0.29, 0.717) is 6.42 Å². The Hall–Kier alpha value is -0.620. The van der Waals surface area contributed by atoms with Gasteiger partial charge in [0.25, 0.3) is 0 Å². The van der Waals surface area contributed by atoms with Gasteiger partial charge in [0.2, 0.25) is 5.91 Å². The molecule has 102 valence electrons. The molecule has 0 aromatic heterocycles. The third-order valence-corrected chi connectivity index (χ3v) is 3.03. The monoisotopic (exact) mass is 265 g/mol. The molecule has 1 unspecified atom stereocenters. The number of hydrogen-bond donors (Lipinski definition) is 2. The Kier molecular flexibility index (Phi) is 6.12. The summed E-state index contributed by atoms with van der Waals surface area (Å²) in [5.74, 6) is -0.503. The second kappa shape index (κ2) is 6.35. The molecule has 2 N–H and O–H groups in total. The van der Waals surface area contributed by atoms with E-state index in [1.165, 1.54) is 0 Å². The van der Waals surface area contributed by atoms with Crippen molar-refractivity contribution < 1.29 is 18.3 Å². The molecule has 1 amide bonds. The highest BCUT2D eigenvalue weighted by Crippen LogP contribution is 2.20. The van der Waals surface area contributed by atoms with Gasteiger partial charge < -0.3 is 10.4 Å². The third kappa shape index (κ3) is 11.6. The summed E-state index contributed by atoms with van der Waals surface area (Å²) in [4.78, 5) is 11.3. The van der Waals surface area contributed by atoms with Crippen LogP contribution in [0.3, 0.4) is 0 Å². The van der Waals surface area contributed by atoms with Crippen LogP contribution in [0.1, 0.15) is 33.6 Å². The summed E-state index contributed by atoms with van der Waals surface area (Å²) in [6, 6.07) is 0. The van der Waals surface area contributed by atoms with Crippen LogP contribution in [0.5, 0.6) is 0 Å². The minimum Gasteiger partial charge on any atom is -0.391 e. The lowest BCUT2D eigenvalue weighted by Gasteiger charge is -2.22. The van der Waals surface area contributed by atoms with Gasteiger partial charge in [0.15, 0.2) is 0 Å². The fraction of sp³-hybridized carbons (Fsp3) is 0.909. The molecule has 0 aromatic rings. The van der Waals surface area contributed by atoms with E-state index in [4.69, 9.17) is 0 Å². The molecule has 0 bridgehead atoms. The Morgan fingerprint density at radius 1 is 1.35 bits per heavy atom. The van der Waals surface area contributed by atoms with Crippen LogP contribution in [0.2, 0.25) is 0 Å². The van der Waals surface area contributed by atoms with E-state index < -0.39 is 15.9 Å². The van der Waals surface area contributed by atoms with Gasteiger partial charge in [-0.25, -0.2) is 8.42 Å². The number of aliphatic hydroxyl groups is 1. The maximum absolute atomic E-state index is 11.3. The van der Waals surface area contributed by atoms with Gasteiger partial charge in [0, 0.05) is 19.2 Å². The number of carbonyl (C=O) groups is 1. The summed E-state index contributed by atoms with van der Waals surface area (Å²) < 4.78 is 21.7. The minimum atomic E-state index is -3.11. The predicted molar refractivity (Wildman–Crippen MR) is 67.4 cm³/mol. The number of hydrogen-bond acceptors (Lipinski definition) is 4. The second-order valence-electron chi connectivity index (χ2n) is 5.60. The fourth-order valence-electron chi connectivity index (χ4n) is 1.38. The Morgan fingerprint density at radius 2 is 1.88 bits per heavy atom. The van der Waals surface area contributed by atoms with E-state index in [1.807, 2.05) is 20.8 Å². The third-order valence-electron chi connectivity index (χ3n) is 2.08. The number of amides is 1. The lowest BCUT2D eigenvalue weighted by atomic mass is 9.89. The predicted octanol–water partition coefficient (Wildman–Crippen LogP) is 0.334. The van der Waals surface area contributed by atoms with Gasteiger partial charge in [-0.3, -0.25) is 4.79 Å². The number of sulfone groups is 1. The zero-order valence-corrected chi connectivity index (χ0v) is 11.8. The highest BCUT2D eigenvalue weighted by Gasteiger charge is 2.17. The van der Waals surface area contributed by atoms with Crippen LogP contribution in [-0.2, 0) is 14.6 Å². The van der Waals surface area contributed by atoms with E-state index in [2.05, 4.69) is 5.32 Å². The van der Waals surface area contributed by atoms with E-state index >= 15 is 0 Å². The van der Waals surface area contributed by atoms with Crippen LogP contribution in [0, 0.1) is 5.41 Å². The fourth-order valence-corrected chi connectivity index (χ4v) is 1.93. The lowest BCUT2D eigenvalue weighted by molar-refractivity contribution is -0.121. The van der Waals surface area contributed by atoms with E-state index in [9.17, 15) is 18.3 Å². The normalized spacial score (nSPS) is 14.4. The summed E-state index contributed by atoms with van der Waals surface area (Å²) in [6.45, 7) is 6.17. The lowest BCUT2D eigenvalue weighted by Crippen LogP contribution is -2.34. The highest BCUT2D eigenvalue weighted by atomic mass is 32.2. The SMILES string of the molecule is CC(C)(C)CC(O)CNC(=O)CCS(C)(=O)=O. The molecule has 0 spiro atoms. The van der Waals surface area contributed by atoms with Gasteiger partial charge >= 0.3 is 0 Å². The zero-order chi connectivity index (χ0) is 13.7. The molecule has 0 fully saturated rings. The van der Waals surface area contributed by atoms with Gasteiger partial charge in [0.1, 0.15) is 9.84 Å². The Bertz CT molecular complexity index is 343. The van der Waals surface area contributed by atoms with Crippen molar-refractivity contribution in [2.24, 2.45) is 5.41 Å². The highest BCUT2D eigenvalue weighted by molar-refractivity contribution is 7.90. The molecule has 0 heterocycles. The molecule has 0 radical (unpaired) electrons. The molecule has 0 aliphatic rings. The standard InChI is InChI=1S/C11H23NO4S/c1-11(2,3)7-9(13)8-12-10(14)5-6-17(4,15)16/h9,13H,5-8H2,1-4H3,(H,12,14). The Balaban J connectivity index is 3.85. The van der Waals surface area contributed by atoms with Gasteiger partial charge in [0.05, 0.1) is 11.9 Å². The average Bonchev–Trinajstić information content (AvgIpc) is 2.07. The summed E-state index contributed by atoms with van der Waals surface area (Å²) in [6.07, 6.45) is 1.02. The molecular weight excluding hydrogens is 242 g/mol. The minimum absolute atomic E-state index is 0.00307. The summed E-state index contributed by atoms with van der Waals surface area (Å²) in [5.41, 5.74) is -0.00307. The van der Waals surface area contributed by atoms with Crippen molar-refractivity contribution in [3.05, 3.63) is 0 Å². The summed E-state index contributed by atoms with van der Waals surface area (Å²) in [7, 11) is -3.11. The number of carbonyl (C=O) groups excluding carboxylic acids is 1. The maximum atomic E-state index is 11.3. The molecule has 0 saturated heterocycles. The first-order valence-corrected chi connectivity index (χ1v) is 7.68. The first kappa shape index (κ1) is 16.4. The number of nitrogens with one attached hydrogen (secondary N) is 1. The number of aliphatic hydroxyl groups excluding tert-OH is 1. The quantitative estimate of drug-likeness (QED) is 0.725. The van der Waals surface area contributed by atoms with Crippen molar-refractivity contribution in [2.75, 3.05) is 18.6 Å². The molecule has 17 heavy (non-hydrogen) atoms. The van der Waals surface area contributed by atoms with Crippen LogP contribution in [0.15, 0.2) is 0 Å². The van der Waals surface area contributed by atoms with Crippen LogP contribution < -0.4 is 5.32 Å². The Morgan fingerprint density at radius 3 is 2.29 bits per heavy atom. The topological polar surface area (TPSA) is 83.5 Å². The molecule has 0 saturated carbocycles. The molecule has 0 aromatic carbocycles. The molecule has 0 aliphatic carbocycles. The largest absolute Gasteiger partial charge is 0.391 e. The van der Waals surface area contributed by atoms with Gasteiger partial charge in [-0.1, -0.05) is 20.8 Å². The number of rotatable bonds is 6. The van der Waals surface area contributed by atoms with Gasteiger partial charge in [-0.15, -0.1) is 0 Å². The Labute approximate surface area is 104 Å². The van der Waals surface area contributed by atoms with Crippen LogP contribution in [-0.4, -0.2) is 44.1 Å². The average molecular weight is 265 g/mol. The molecule has 0 aliphatic heterocycles. The van der Waals surface area contributed by atoms with E-state index in [0.717, 1.165) is 6.26 Å². The van der Waals surface area contributed by atoms with Crippen molar-refractivity contribution in [1.82, 2.24) is 5.32 Å². The van der Waals surface area contributed by atoms with Crippen molar-refractivity contribution >= 4 is 15.7 Å². The smallest absolute Gasteiger partial charge is 0.221 e. The van der Waals surface area contributed by atoms with E-state index in [-0.39, 0.29) is 30.0 Å². The summed E-state index contributed by atoms with van der Waals surface area (Å²) >= 11 is 0. The first-order valence-electron chi connectivity index (χ1n) is 5.62. The van der Waals surface area contributed by atoms with Crippen LogP contribution in [0.4, 0.5) is 0 Å². The summed E-state index contributed by atoms with van der Waals surface area (Å²) in [5, 5.41) is 12.2. The maximum Gasteiger partial charge on any atom is 0.221 e. The molecular formula is C11H23NO4S. The van der Waals surface area contributed by atoms with Crippen molar-refractivity contribution in [2.45, 2.75) is 39.7 Å². The second-order valence-corrected chi connectivity index (χ2v) is 7.86. The first-order chi connectivity index (χ1) is 7.49. The van der Waals surface area contributed by atoms with Crippen molar-refractivity contribution in [3.8, 4) is 0 Å². The molecule has 1 atom stereocenters. The van der Waals surface area contributed by atoms with Gasteiger partial charge in [-0.05, 0) is 11.8 Å². The zero-order valence-electron chi connectivity index (χ0n) is 11.0. The van der Waals surface area contributed by atoms with Crippen molar-refractivity contribution in [1.29, 1.82) is 0 Å². The van der Waals surface area contributed by atoms with Crippen LogP contribution in [0.25, 0.3) is 0 Å². The van der Waals surface area contributed by atoms with Crippen LogP contribution >= 0.6 is 0 Å². The molecule has 5 nitrogen and oxygen atoms in total. The molecule has 0 rings (SSSR count). The molecule has 6 heteroatoms.